The molecule has 0 fully saturated rings. The Morgan fingerprint density at radius 1 is 0.395 bits per heavy atom. The van der Waals surface area contributed by atoms with Crippen LogP contribution in [0, 0.1) is 0 Å². The molecule has 0 aromatic heterocycles. The number of unbranched alkanes of at least 4 members (excludes halogenated alkanes) is 25. The van der Waals surface area contributed by atoms with Crippen LogP contribution >= 0.6 is 7.82 Å². The van der Waals surface area contributed by atoms with Gasteiger partial charge in [0.1, 0.15) is 0 Å². The second-order valence-electron chi connectivity index (χ2n) is 13.2. The summed E-state index contributed by atoms with van der Waals surface area (Å²) >= 11 is 0. The van der Waals surface area contributed by atoms with Gasteiger partial charge in [-0.15, -0.1) is 0 Å². The lowest BCUT2D eigenvalue weighted by atomic mass is 10.1. The minimum Gasteiger partial charge on any atom is -0.303 e. The number of hydrogen-bond acceptors (Lipinski definition) is 4. The van der Waals surface area contributed by atoms with Gasteiger partial charge in [0.05, 0.1) is 13.2 Å². The maximum atomic E-state index is 12.2. The summed E-state index contributed by atoms with van der Waals surface area (Å²) in [6.07, 6.45) is 37.4. The molecule has 0 saturated heterocycles. The van der Waals surface area contributed by atoms with Crippen molar-refractivity contribution in [2.24, 2.45) is 0 Å². The molecule has 0 heterocycles. The fourth-order valence-corrected chi connectivity index (χ4v) is 6.67. The van der Waals surface area contributed by atoms with Gasteiger partial charge in [-0.05, 0) is 51.7 Å². The van der Waals surface area contributed by atoms with Crippen LogP contribution in [0.2, 0.25) is 0 Å². The van der Waals surface area contributed by atoms with Crippen molar-refractivity contribution >= 4 is 7.82 Å². The van der Waals surface area contributed by atoms with Crippen LogP contribution in [0.15, 0.2) is 0 Å². The van der Waals surface area contributed by atoms with Crippen LogP contribution in [0.5, 0.6) is 0 Å². The zero-order valence-corrected chi connectivity index (χ0v) is 30.5. The first kappa shape index (κ1) is 43.1. The number of phosphoric ester groups is 1. The van der Waals surface area contributed by atoms with Gasteiger partial charge in [-0.1, -0.05) is 175 Å². The van der Waals surface area contributed by atoms with Gasteiger partial charge < -0.3 is 9.79 Å². The Labute approximate surface area is 270 Å². The summed E-state index contributed by atoms with van der Waals surface area (Å²) in [6, 6.07) is 0. The molecule has 6 heteroatoms. The predicted octanol–water partition coefficient (Wildman–Crippen LogP) is 12.8. The molecule has 43 heavy (non-hydrogen) atoms. The number of nitrogens with zero attached hydrogens (tertiary/aromatic N) is 1. The lowest BCUT2D eigenvalue weighted by Gasteiger charge is -2.22. The molecule has 0 aliphatic rings. The second kappa shape index (κ2) is 34.9. The van der Waals surface area contributed by atoms with Gasteiger partial charge in [0.2, 0.25) is 0 Å². The molecule has 0 radical (unpaired) electrons. The van der Waals surface area contributed by atoms with E-state index in [1.807, 2.05) is 0 Å². The standard InChI is InChI=1S/C37H78NO4P/c1-4-7-10-13-16-19-22-25-28-33-38(34-29-26-23-20-17-14-11-8-5-2)35-30-32-37-42-43(39,40)41-36-31-27-24-21-18-15-12-9-6-3/h4-37H2,1-3H3,(H,39,40). The van der Waals surface area contributed by atoms with Gasteiger partial charge in [-0.2, -0.15) is 0 Å². The van der Waals surface area contributed by atoms with E-state index in [1.54, 1.807) is 0 Å². The number of rotatable bonds is 37. The Hall–Kier alpha value is 0.0700. The van der Waals surface area contributed by atoms with Gasteiger partial charge in [0, 0.05) is 0 Å². The van der Waals surface area contributed by atoms with Crippen LogP contribution in [0.1, 0.15) is 207 Å². The van der Waals surface area contributed by atoms with Crippen LogP contribution in [-0.2, 0) is 13.6 Å². The summed E-state index contributed by atoms with van der Waals surface area (Å²) in [6.45, 7) is 10.9. The highest BCUT2D eigenvalue weighted by Crippen LogP contribution is 2.43. The van der Waals surface area contributed by atoms with Gasteiger partial charge in [-0.3, -0.25) is 9.05 Å². The summed E-state index contributed by atoms with van der Waals surface area (Å²) in [5.41, 5.74) is 0. The third-order valence-electron chi connectivity index (χ3n) is 8.78. The Morgan fingerprint density at radius 3 is 0.953 bits per heavy atom. The van der Waals surface area contributed by atoms with Crippen LogP contribution in [0.25, 0.3) is 0 Å². The molecule has 0 amide bonds. The predicted molar refractivity (Wildman–Crippen MR) is 189 cm³/mol. The van der Waals surface area contributed by atoms with Crippen LogP contribution in [0.3, 0.4) is 0 Å². The molecule has 0 aromatic carbocycles. The quantitative estimate of drug-likeness (QED) is 0.0546. The summed E-state index contributed by atoms with van der Waals surface area (Å²) < 4.78 is 22.8. The maximum absolute atomic E-state index is 12.2. The lowest BCUT2D eigenvalue weighted by Crippen LogP contribution is -2.27. The largest absolute Gasteiger partial charge is 0.472 e. The Morgan fingerprint density at radius 2 is 0.628 bits per heavy atom. The number of phosphoric acid groups is 1. The van der Waals surface area contributed by atoms with Crippen molar-refractivity contribution in [1.82, 2.24) is 4.90 Å². The van der Waals surface area contributed by atoms with E-state index in [4.69, 9.17) is 9.05 Å². The summed E-state index contributed by atoms with van der Waals surface area (Å²) in [5, 5.41) is 0. The monoisotopic (exact) mass is 632 g/mol. The topological polar surface area (TPSA) is 59.0 Å². The van der Waals surface area contributed by atoms with Crippen molar-refractivity contribution in [1.29, 1.82) is 0 Å². The van der Waals surface area contributed by atoms with Crippen molar-refractivity contribution in [2.45, 2.75) is 207 Å². The first-order valence-electron chi connectivity index (χ1n) is 19.4. The molecule has 0 aromatic rings. The normalized spacial score (nSPS) is 13.2. The Kier molecular flexibility index (Phi) is 35.0. The van der Waals surface area contributed by atoms with Crippen LogP contribution in [-0.4, -0.2) is 42.6 Å². The molecule has 260 valence electrons. The fourth-order valence-electron chi connectivity index (χ4n) is 5.87. The van der Waals surface area contributed by atoms with E-state index in [9.17, 15) is 9.46 Å². The molecule has 0 bridgehead atoms. The summed E-state index contributed by atoms with van der Waals surface area (Å²) in [7, 11) is -3.92. The molecule has 1 unspecified atom stereocenters. The van der Waals surface area contributed by atoms with E-state index < -0.39 is 7.82 Å². The molecule has 0 spiro atoms. The highest BCUT2D eigenvalue weighted by atomic mass is 31.2. The van der Waals surface area contributed by atoms with Gasteiger partial charge in [0.25, 0.3) is 0 Å². The third kappa shape index (κ3) is 34.8. The molecule has 0 aliphatic heterocycles. The fraction of sp³-hybridized carbons (Fsp3) is 1.00. The Bertz CT molecular complexity index is 555. The molecular weight excluding hydrogens is 553 g/mol. The highest BCUT2D eigenvalue weighted by Gasteiger charge is 2.20. The Balaban J connectivity index is 4.05. The minimum atomic E-state index is -3.92. The van der Waals surface area contributed by atoms with E-state index in [1.165, 1.54) is 174 Å². The highest BCUT2D eigenvalue weighted by molar-refractivity contribution is 7.47. The average molecular weight is 632 g/mol. The molecule has 1 atom stereocenters. The van der Waals surface area contributed by atoms with E-state index >= 15 is 0 Å². The first-order valence-corrected chi connectivity index (χ1v) is 20.9. The molecular formula is C37H78NO4P. The lowest BCUT2D eigenvalue weighted by molar-refractivity contribution is 0.143. The smallest absolute Gasteiger partial charge is 0.303 e. The third-order valence-corrected chi connectivity index (χ3v) is 9.80. The average Bonchev–Trinajstić information content (AvgIpc) is 2.99. The maximum Gasteiger partial charge on any atom is 0.472 e. The van der Waals surface area contributed by atoms with E-state index in [0.29, 0.717) is 13.2 Å². The van der Waals surface area contributed by atoms with E-state index in [0.717, 1.165) is 32.2 Å². The van der Waals surface area contributed by atoms with Crippen molar-refractivity contribution in [3.05, 3.63) is 0 Å². The SMILES string of the molecule is CCCCCCCCCCCOP(=O)(O)OCCCCN(CCCCCCCCCCC)CCCCCCCCCCC. The molecule has 5 nitrogen and oxygen atoms in total. The van der Waals surface area contributed by atoms with Gasteiger partial charge >= 0.3 is 7.82 Å². The van der Waals surface area contributed by atoms with Crippen molar-refractivity contribution in [3.8, 4) is 0 Å². The van der Waals surface area contributed by atoms with Gasteiger partial charge in [-0.25, -0.2) is 4.57 Å². The summed E-state index contributed by atoms with van der Waals surface area (Å²) in [4.78, 5) is 12.7. The minimum absolute atomic E-state index is 0.301. The molecule has 0 aliphatic carbocycles. The van der Waals surface area contributed by atoms with Crippen LogP contribution < -0.4 is 0 Å². The summed E-state index contributed by atoms with van der Waals surface area (Å²) in [5.74, 6) is 0. The first-order chi connectivity index (χ1) is 21.1. The number of hydrogen-bond donors (Lipinski definition) is 1. The van der Waals surface area contributed by atoms with Crippen molar-refractivity contribution < 1.29 is 18.5 Å². The van der Waals surface area contributed by atoms with E-state index in [2.05, 4.69) is 25.7 Å². The second-order valence-corrected chi connectivity index (χ2v) is 14.6. The molecule has 1 N–H and O–H groups in total. The zero-order valence-electron chi connectivity index (χ0n) is 29.6. The molecule has 0 rings (SSSR count). The zero-order chi connectivity index (χ0) is 31.5. The molecule has 0 saturated carbocycles. The van der Waals surface area contributed by atoms with E-state index in [-0.39, 0.29) is 0 Å². The van der Waals surface area contributed by atoms with Crippen molar-refractivity contribution in [2.75, 3.05) is 32.8 Å². The van der Waals surface area contributed by atoms with Gasteiger partial charge in [0.15, 0.2) is 0 Å². The van der Waals surface area contributed by atoms with Crippen molar-refractivity contribution in [3.63, 3.8) is 0 Å². The van der Waals surface area contributed by atoms with Crippen LogP contribution in [0.4, 0.5) is 0 Å².